The van der Waals surface area contributed by atoms with Crippen LogP contribution in [0.4, 0.5) is 0 Å². The molecule has 46 valence electrons. The Labute approximate surface area is 51.3 Å². The smallest absolute Gasteiger partial charge is 0.0112 e. The summed E-state index contributed by atoms with van der Waals surface area (Å²) in [6, 6.07) is 0. The van der Waals surface area contributed by atoms with Crippen LogP contribution in [0.2, 0.25) is 0 Å². The fourth-order valence-corrected chi connectivity index (χ4v) is 0.588. The molecule has 0 heterocycles. The molecule has 0 fully saturated rings. The van der Waals surface area contributed by atoms with Crippen molar-refractivity contribution in [3.8, 4) is 12.3 Å². The molecule has 2 N–H and O–H groups in total. The molecule has 0 saturated carbocycles. The highest BCUT2D eigenvalue weighted by atomic mass is 14.5. The predicted octanol–water partition coefficient (Wildman–Crippen LogP) is 0.995. The van der Waals surface area contributed by atoms with E-state index in [-0.39, 0.29) is 0 Å². The van der Waals surface area contributed by atoms with Crippen molar-refractivity contribution in [1.29, 1.82) is 0 Å². The molecule has 1 nitrogen and oxygen atoms in total. The lowest BCUT2D eigenvalue weighted by Gasteiger charge is -2.02. The second kappa shape index (κ2) is 4.67. The second-order valence-electron chi connectivity index (χ2n) is 2.09. The van der Waals surface area contributed by atoms with E-state index in [4.69, 9.17) is 12.2 Å². The van der Waals surface area contributed by atoms with Gasteiger partial charge in [0.2, 0.25) is 0 Å². The monoisotopic (exact) mass is 111 g/mol. The number of hydrogen-bond acceptors (Lipinski definition) is 1. The normalized spacial score (nSPS) is 12.6. The van der Waals surface area contributed by atoms with E-state index in [2.05, 4.69) is 12.8 Å². The van der Waals surface area contributed by atoms with Gasteiger partial charge in [0, 0.05) is 6.42 Å². The molecule has 0 aromatic heterocycles. The topological polar surface area (TPSA) is 26.0 Å². The first kappa shape index (κ1) is 7.52. The summed E-state index contributed by atoms with van der Waals surface area (Å²) in [5.41, 5.74) is 5.29. The van der Waals surface area contributed by atoms with Gasteiger partial charge in [-0.05, 0) is 18.9 Å². The Morgan fingerprint density at radius 2 is 2.38 bits per heavy atom. The van der Waals surface area contributed by atoms with E-state index in [1.165, 1.54) is 0 Å². The van der Waals surface area contributed by atoms with Gasteiger partial charge in [-0.25, -0.2) is 0 Å². The van der Waals surface area contributed by atoms with Crippen molar-refractivity contribution >= 4 is 0 Å². The molecular weight excluding hydrogens is 98.1 g/mol. The average Bonchev–Trinajstić information content (AvgIpc) is 1.68. The first-order chi connectivity index (χ1) is 3.81. The van der Waals surface area contributed by atoms with Gasteiger partial charge in [-0.1, -0.05) is 6.92 Å². The van der Waals surface area contributed by atoms with Gasteiger partial charge in [0.05, 0.1) is 0 Å². The highest BCUT2D eigenvalue weighted by Gasteiger charge is 1.94. The summed E-state index contributed by atoms with van der Waals surface area (Å²) >= 11 is 0. The SMILES string of the molecule is C#CCC(C)CCN. The standard InChI is InChI=1S/C7H13N/c1-3-4-7(2)5-6-8/h1,7H,4-6,8H2,2H3. The van der Waals surface area contributed by atoms with Crippen molar-refractivity contribution in [3.63, 3.8) is 0 Å². The first-order valence-electron chi connectivity index (χ1n) is 2.94. The highest BCUT2D eigenvalue weighted by molar-refractivity contribution is 4.85. The summed E-state index contributed by atoms with van der Waals surface area (Å²) in [7, 11) is 0. The second-order valence-corrected chi connectivity index (χ2v) is 2.09. The molecule has 0 rings (SSSR count). The molecule has 0 spiro atoms. The van der Waals surface area contributed by atoms with Gasteiger partial charge in [0.1, 0.15) is 0 Å². The Balaban J connectivity index is 3.08. The Morgan fingerprint density at radius 3 is 2.75 bits per heavy atom. The molecule has 0 aliphatic rings. The number of nitrogens with two attached hydrogens (primary N) is 1. The molecule has 0 amide bonds. The molecule has 0 radical (unpaired) electrons. The Morgan fingerprint density at radius 1 is 1.75 bits per heavy atom. The van der Waals surface area contributed by atoms with E-state index in [1.807, 2.05) is 0 Å². The minimum absolute atomic E-state index is 0.602. The highest BCUT2D eigenvalue weighted by Crippen LogP contribution is 2.02. The van der Waals surface area contributed by atoms with Crippen LogP contribution in [0.5, 0.6) is 0 Å². The van der Waals surface area contributed by atoms with E-state index in [0.717, 1.165) is 19.4 Å². The lowest BCUT2D eigenvalue weighted by molar-refractivity contribution is 0.557. The summed E-state index contributed by atoms with van der Waals surface area (Å²) in [4.78, 5) is 0. The maximum absolute atomic E-state index is 5.29. The van der Waals surface area contributed by atoms with E-state index in [0.29, 0.717) is 5.92 Å². The Bertz CT molecular complexity index is 80.9. The molecule has 0 saturated heterocycles. The third kappa shape index (κ3) is 3.70. The number of rotatable bonds is 3. The minimum Gasteiger partial charge on any atom is -0.330 e. The zero-order valence-corrected chi connectivity index (χ0v) is 5.35. The molecule has 1 atom stereocenters. The van der Waals surface area contributed by atoms with Crippen molar-refractivity contribution in [3.05, 3.63) is 0 Å². The Hall–Kier alpha value is -0.480. The van der Waals surface area contributed by atoms with E-state index in [9.17, 15) is 0 Å². The third-order valence-electron chi connectivity index (χ3n) is 1.13. The average molecular weight is 111 g/mol. The summed E-state index contributed by atoms with van der Waals surface area (Å²) in [5, 5.41) is 0. The van der Waals surface area contributed by atoms with Crippen LogP contribution in [-0.2, 0) is 0 Å². The van der Waals surface area contributed by atoms with Gasteiger partial charge < -0.3 is 5.73 Å². The van der Waals surface area contributed by atoms with Crippen LogP contribution < -0.4 is 5.73 Å². The lowest BCUT2D eigenvalue weighted by Crippen LogP contribution is -2.04. The van der Waals surface area contributed by atoms with Crippen molar-refractivity contribution in [1.82, 2.24) is 0 Å². The molecule has 0 aliphatic carbocycles. The molecule has 0 aliphatic heterocycles. The van der Waals surface area contributed by atoms with Crippen LogP contribution in [0.3, 0.4) is 0 Å². The quantitative estimate of drug-likeness (QED) is 0.540. The molecule has 0 aromatic carbocycles. The first-order valence-corrected chi connectivity index (χ1v) is 2.94. The maximum Gasteiger partial charge on any atom is 0.0112 e. The van der Waals surface area contributed by atoms with Crippen LogP contribution in [0.15, 0.2) is 0 Å². The van der Waals surface area contributed by atoms with Crippen molar-refractivity contribution in [2.75, 3.05) is 6.54 Å². The number of terminal acetylenes is 1. The van der Waals surface area contributed by atoms with Crippen LogP contribution in [0.1, 0.15) is 19.8 Å². The molecule has 8 heavy (non-hydrogen) atoms. The van der Waals surface area contributed by atoms with Gasteiger partial charge >= 0.3 is 0 Å². The van der Waals surface area contributed by atoms with Gasteiger partial charge in [0.25, 0.3) is 0 Å². The van der Waals surface area contributed by atoms with Crippen molar-refractivity contribution < 1.29 is 0 Å². The van der Waals surface area contributed by atoms with Gasteiger partial charge in [-0.2, -0.15) is 0 Å². The van der Waals surface area contributed by atoms with E-state index in [1.54, 1.807) is 0 Å². The van der Waals surface area contributed by atoms with Crippen LogP contribution in [0.25, 0.3) is 0 Å². The van der Waals surface area contributed by atoms with Gasteiger partial charge in [0.15, 0.2) is 0 Å². The van der Waals surface area contributed by atoms with Crippen LogP contribution in [-0.4, -0.2) is 6.54 Å². The summed E-state index contributed by atoms with van der Waals surface area (Å²) in [6.07, 6.45) is 6.97. The zero-order valence-electron chi connectivity index (χ0n) is 5.35. The number of hydrogen-bond donors (Lipinski definition) is 1. The molecule has 1 unspecified atom stereocenters. The molecule has 0 aromatic rings. The minimum atomic E-state index is 0.602. The largest absolute Gasteiger partial charge is 0.330 e. The van der Waals surface area contributed by atoms with E-state index >= 15 is 0 Å². The van der Waals surface area contributed by atoms with Gasteiger partial charge in [-0.15, -0.1) is 12.3 Å². The van der Waals surface area contributed by atoms with Crippen LogP contribution in [0, 0.1) is 18.3 Å². The van der Waals surface area contributed by atoms with E-state index < -0.39 is 0 Å². The summed E-state index contributed by atoms with van der Waals surface area (Å²) in [6.45, 7) is 2.87. The molecule has 0 bridgehead atoms. The molecule has 1 heteroatoms. The third-order valence-corrected chi connectivity index (χ3v) is 1.13. The fraction of sp³-hybridized carbons (Fsp3) is 0.714. The fourth-order valence-electron chi connectivity index (χ4n) is 0.588. The van der Waals surface area contributed by atoms with Crippen molar-refractivity contribution in [2.45, 2.75) is 19.8 Å². The Kier molecular flexibility index (Phi) is 4.39. The lowest BCUT2D eigenvalue weighted by atomic mass is 10.1. The van der Waals surface area contributed by atoms with Crippen LogP contribution >= 0.6 is 0 Å². The zero-order chi connectivity index (χ0) is 6.41. The maximum atomic E-state index is 5.29. The predicted molar refractivity (Wildman–Crippen MR) is 36.3 cm³/mol. The van der Waals surface area contributed by atoms with Crippen molar-refractivity contribution in [2.24, 2.45) is 11.7 Å². The molecular formula is C7H13N. The van der Waals surface area contributed by atoms with Gasteiger partial charge in [-0.3, -0.25) is 0 Å². The summed E-state index contributed by atoms with van der Waals surface area (Å²) in [5.74, 6) is 3.20. The summed E-state index contributed by atoms with van der Waals surface area (Å²) < 4.78 is 0.